The molecule has 1 saturated carbocycles. The van der Waals surface area contributed by atoms with Crippen LogP contribution in [0.2, 0.25) is 5.02 Å². The van der Waals surface area contributed by atoms with Gasteiger partial charge in [0.2, 0.25) is 0 Å². The van der Waals surface area contributed by atoms with Crippen molar-refractivity contribution in [2.24, 2.45) is 5.73 Å². The highest BCUT2D eigenvalue weighted by molar-refractivity contribution is 9.10. The van der Waals surface area contributed by atoms with E-state index in [0.717, 1.165) is 22.3 Å². The van der Waals surface area contributed by atoms with E-state index in [0.29, 0.717) is 0 Å². The summed E-state index contributed by atoms with van der Waals surface area (Å²) in [6.07, 6.45) is 4.50. The normalized spacial score (nSPS) is 17.9. The zero-order chi connectivity index (χ0) is 11.1. The molecule has 1 aliphatic carbocycles. The van der Waals surface area contributed by atoms with Crippen molar-refractivity contribution in [3.63, 3.8) is 0 Å². The molecule has 1 aromatic carbocycles. The van der Waals surface area contributed by atoms with Crippen molar-refractivity contribution in [3.8, 4) is 0 Å². The summed E-state index contributed by atoms with van der Waals surface area (Å²) in [5.74, 6) is 0. The number of benzene rings is 1. The fraction of sp³-hybridized carbons (Fsp3) is 0.500. The molecule has 0 amide bonds. The maximum absolute atomic E-state index is 6.07. The van der Waals surface area contributed by atoms with Gasteiger partial charge in [0.1, 0.15) is 0 Å². The van der Waals surface area contributed by atoms with E-state index in [1.54, 1.807) is 0 Å². The zero-order valence-corrected chi connectivity index (χ0v) is 11.2. The van der Waals surface area contributed by atoms with Crippen LogP contribution in [-0.2, 0) is 6.42 Å². The van der Waals surface area contributed by atoms with Crippen molar-refractivity contribution in [3.05, 3.63) is 32.8 Å². The van der Waals surface area contributed by atoms with Crippen molar-refractivity contribution in [1.82, 2.24) is 0 Å². The Morgan fingerprint density at radius 2 is 2.13 bits per heavy atom. The minimum Gasteiger partial charge on any atom is -0.325 e. The second kappa shape index (κ2) is 4.08. The van der Waals surface area contributed by atoms with Gasteiger partial charge in [0.15, 0.2) is 0 Å². The van der Waals surface area contributed by atoms with E-state index in [1.165, 1.54) is 24.0 Å². The van der Waals surface area contributed by atoms with Gasteiger partial charge < -0.3 is 5.73 Å². The van der Waals surface area contributed by atoms with Crippen LogP contribution >= 0.6 is 27.5 Å². The smallest absolute Gasteiger partial charge is 0.0550 e. The van der Waals surface area contributed by atoms with E-state index < -0.39 is 0 Å². The summed E-state index contributed by atoms with van der Waals surface area (Å²) >= 11 is 9.47. The van der Waals surface area contributed by atoms with Crippen molar-refractivity contribution in [2.45, 2.75) is 38.1 Å². The Labute approximate surface area is 104 Å². The van der Waals surface area contributed by atoms with Crippen LogP contribution in [0.15, 0.2) is 16.6 Å². The molecule has 0 aromatic heterocycles. The molecule has 1 aliphatic rings. The van der Waals surface area contributed by atoms with E-state index in [2.05, 4.69) is 28.9 Å². The maximum atomic E-state index is 6.07. The number of rotatable bonds is 3. The Balaban J connectivity index is 2.10. The maximum Gasteiger partial charge on any atom is 0.0550 e. The third-order valence-electron chi connectivity index (χ3n) is 3.16. The van der Waals surface area contributed by atoms with Crippen molar-refractivity contribution >= 4 is 27.5 Å². The summed E-state index contributed by atoms with van der Waals surface area (Å²) in [7, 11) is 0. The number of hydrogen-bond acceptors (Lipinski definition) is 1. The summed E-state index contributed by atoms with van der Waals surface area (Å²) < 4.78 is 0.978. The highest BCUT2D eigenvalue weighted by Crippen LogP contribution is 2.37. The fourth-order valence-electron chi connectivity index (χ4n) is 1.75. The molecule has 0 bridgehead atoms. The van der Waals surface area contributed by atoms with Gasteiger partial charge in [0.25, 0.3) is 0 Å². The molecule has 0 saturated heterocycles. The molecule has 2 N–H and O–H groups in total. The van der Waals surface area contributed by atoms with Crippen LogP contribution in [0.3, 0.4) is 0 Å². The van der Waals surface area contributed by atoms with Crippen LogP contribution in [0, 0.1) is 6.92 Å². The van der Waals surface area contributed by atoms with Gasteiger partial charge in [-0.1, -0.05) is 11.6 Å². The van der Waals surface area contributed by atoms with Crippen LogP contribution in [0.5, 0.6) is 0 Å². The minimum atomic E-state index is 0.137. The largest absolute Gasteiger partial charge is 0.325 e. The number of nitrogens with two attached hydrogens (primary N) is 1. The Bertz CT molecular complexity index is 385. The average molecular weight is 289 g/mol. The highest BCUT2D eigenvalue weighted by Gasteiger charge is 2.37. The summed E-state index contributed by atoms with van der Waals surface area (Å²) in [6, 6.07) is 4.13. The van der Waals surface area contributed by atoms with E-state index in [1.807, 2.05) is 6.07 Å². The lowest BCUT2D eigenvalue weighted by Gasteiger charge is -2.11. The second-order valence-corrected chi connectivity index (χ2v) is 5.82. The third-order valence-corrected chi connectivity index (χ3v) is 4.36. The van der Waals surface area contributed by atoms with Crippen LogP contribution in [-0.4, -0.2) is 5.54 Å². The summed E-state index contributed by atoms with van der Waals surface area (Å²) in [5.41, 5.74) is 8.82. The molecule has 0 unspecified atom stereocenters. The standard InChI is InChI=1S/C12H15BrClN/c1-8-6-11(14)10(13)7-9(8)2-3-12(15)4-5-12/h6-7H,2-5,15H2,1H3. The first-order valence-corrected chi connectivity index (χ1v) is 6.41. The monoisotopic (exact) mass is 287 g/mol. The summed E-state index contributed by atoms with van der Waals surface area (Å²) in [4.78, 5) is 0. The second-order valence-electron chi connectivity index (χ2n) is 4.56. The fourth-order valence-corrected chi connectivity index (χ4v) is 2.36. The molecule has 0 heterocycles. The summed E-state index contributed by atoms with van der Waals surface area (Å²) in [5, 5.41) is 0.783. The lowest BCUT2D eigenvalue weighted by atomic mass is 10.0. The molecule has 0 radical (unpaired) electrons. The zero-order valence-electron chi connectivity index (χ0n) is 8.82. The molecule has 0 aliphatic heterocycles. The van der Waals surface area contributed by atoms with Crippen molar-refractivity contribution < 1.29 is 0 Å². The van der Waals surface area contributed by atoms with E-state index in [4.69, 9.17) is 17.3 Å². The van der Waals surface area contributed by atoms with Gasteiger partial charge in [0.05, 0.1) is 5.02 Å². The lowest BCUT2D eigenvalue weighted by molar-refractivity contribution is 0.608. The first kappa shape index (κ1) is 11.4. The van der Waals surface area contributed by atoms with Crippen LogP contribution < -0.4 is 5.73 Å². The Hall–Kier alpha value is -0.0500. The number of aryl methyl sites for hydroxylation is 2. The third kappa shape index (κ3) is 2.74. The van der Waals surface area contributed by atoms with Crippen LogP contribution in [0.4, 0.5) is 0 Å². The Morgan fingerprint density at radius 1 is 1.47 bits per heavy atom. The quantitative estimate of drug-likeness (QED) is 0.898. The van der Waals surface area contributed by atoms with Gasteiger partial charge >= 0.3 is 0 Å². The molecule has 1 nitrogen and oxygen atoms in total. The van der Waals surface area contributed by atoms with E-state index in [-0.39, 0.29) is 5.54 Å². The van der Waals surface area contributed by atoms with Gasteiger partial charge in [-0.15, -0.1) is 0 Å². The first-order chi connectivity index (χ1) is 7.00. The molecule has 0 spiro atoms. The Kier molecular flexibility index (Phi) is 3.11. The van der Waals surface area contributed by atoms with E-state index in [9.17, 15) is 0 Å². The molecule has 2 rings (SSSR count). The number of hydrogen-bond donors (Lipinski definition) is 1. The van der Waals surface area contributed by atoms with Crippen LogP contribution in [0.1, 0.15) is 30.4 Å². The van der Waals surface area contributed by atoms with Crippen LogP contribution in [0.25, 0.3) is 0 Å². The average Bonchev–Trinajstić information content (AvgIpc) is 2.89. The van der Waals surface area contributed by atoms with Gasteiger partial charge in [-0.2, -0.15) is 0 Å². The van der Waals surface area contributed by atoms with Gasteiger partial charge in [0, 0.05) is 10.0 Å². The predicted molar refractivity (Wildman–Crippen MR) is 68.4 cm³/mol. The topological polar surface area (TPSA) is 26.0 Å². The molecular formula is C12H15BrClN. The molecular weight excluding hydrogens is 273 g/mol. The SMILES string of the molecule is Cc1cc(Cl)c(Br)cc1CCC1(N)CC1. The number of halogens is 2. The Morgan fingerprint density at radius 3 is 2.73 bits per heavy atom. The van der Waals surface area contributed by atoms with Crippen molar-refractivity contribution in [2.75, 3.05) is 0 Å². The first-order valence-electron chi connectivity index (χ1n) is 5.24. The van der Waals surface area contributed by atoms with Gasteiger partial charge in [-0.05, 0) is 71.8 Å². The molecule has 1 aromatic rings. The lowest BCUT2D eigenvalue weighted by Crippen LogP contribution is -2.22. The van der Waals surface area contributed by atoms with E-state index >= 15 is 0 Å². The van der Waals surface area contributed by atoms with Gasteiger partial charge in [-0.25, -0.2) is 0 Å². The molecule has 1 fully saturated rings. The van der Waals surface area contributed by atoms with Gasteiger partial charge in [-0.3, -0.25) is 0 Å². The predicted octanol–water partition coefficient (Wildman–Crippen LogP) is 3.83. The molecule has 15 heavy (non-hydrogen) atoms. The molecule has 82 valence electrons. The highest BCUT2D eigenvalue weighted by atomic mass is 79.9. The summed E-state index contributed by atoms with van der Waals surface area (Å²) in [6.45, 7) is 2.10. The molecule has 0 atom stereocenters. The molecule has 3 heteroatoms. The van der Waals surface area contributed by atoms with Crippen molar-refractivity contribution in [1.29, 1.82) is 0 Å². The minimum absolute atomic E-state index is 0.137.